The van der Waals surface area contributed by atoms with Crippen LogP contribution in [0.25, 0.3) is 22.4 Å². The zero-order valence-electron chi connectivity index (χ0n) is 17.6. The van der Waals surface area contributed by atoms with E-state index < -0.39 is 11.6 Å². The largest absolute Gasteiger partial charge is 0.365 e. The highest BCUT2D eigenvalue weighted by Crippen LogP contribution is 2.28. The number of fused-ring (bicyclic) bond motifs is 1. The van der Waals surface area contributed by atoms with E-state index in [-0.39, 0.29) is 29.6 Å². The average molecular weight is 449 g/mol. The molecular weight excluding hydrogens is 428 g/mol. The van der Waals surface area contributed by atoms with Crippen LogP contribution in [0.15, 0.2) is 49.1 Å². The fraction of sp³-hybridized carbons (Fsp3) is 0.261. The van der Waals surface area contributed by atoms with Crippen LogP contribution in [0, 0.1) is 11.6 Å². The summed E-state index contributed by atoms with van der Waals surface area (Å²) < 4.78 is 28.2. The van der Waals surface area contributed by atoms with Gasteiger partial charge in [-0.05, 0) is 43.9 Å². The van der Waals surface area contributed by atoms with E-state index in [0.29, 0.717) is 28.7 Å². The van der Waals surface area contributed by atoms with E-state index in [9.17, 15) is 13.6 Å². The number of amides is 1. The Labute approximate surface area is 187 Å². The molecule has 5 rings (SSSR count). The van der Waals surface area contributed by atoms with Crippen molar-refractivity contribution in [1.29, 1.82) is 0 Å². The molecule has 1 fully saturated rings. The second-order valence-corrected chi connectivity index (χ2v) is 8.04. The molecule has 1 amide bonds. The summed E-state index contributed by atoms with van der Waals surface area (Å²) in [4.78, 5) is 31.9. The summed E-state index contributed by atoms with van der Waals surface area (Å²) >= 11 is 0. The van der Waals surface area contributed by atoms with E-state index >= 15 is 0 Å². The van der Waals surface area contributed by atoms with Gasteiger partial charge in [-0.3, -0.25) is 9.78 Å². The Morgan fingerprint density at radius 2 is 1.97 bits per heavy atom. The van der Waals surface area contributed by atoms with Crippen molar-refractivity contribution in [3.63, 3.8) is 0 Å². The Morgan fingerprint density at radius 3 is 2.82 bits per heavy atom. The van der Waals surface area contributed by atoms with Crippen molar-refractivity contribution in [2.45, 2.75) is 37.8 Å². The standard InChI is InChI=1S/C23H21F2N7O/c24-13-8-16-17(11-28-20(16)27-10-13)21-29-12-18(25)22(32-21)30-14-4-3-5-15(9-14)31-23(33)19-6-1-2-7-26-19/h1-2,6-8,10-12,14-15H,3-5,9H2,(H,27,28)(H,31,33)(H,29,30,32)/t14-,15+/m1/s1. The number of carbonyl (C=O) groups is 1. The minimum absolute atomic E-state index is 0.0576. The quantitative estimate of drug-likeness (QED) is 0.427. The Balaban J connectivity index is 1.31. The lowest BCUT2D eigenvalue weighted by Gasteiger charge is -2.30. The molecule has 2 atom stereocenters. The zero-order chi connectivity index (χ0) is 22.8. The molecule has 0 unspecified atom stereocenters. The number of hydrogen-bond acceptors (Lipinski definition) is 6. The Hall–Kier alpha value is -3.95. The zero-order valence-corrected chi connectivity index (χ0v) is 17.6. The van der Waals surface area contributed by atoms with E-state index in [1.807, 2.05) is 0 Å². The average Bonchev–Trinajstić information content (AvgIpc) is 3.24. The fourth-order valence-electron chi connectivity index (χ4n) is 4.16. The third-order valence-electron chi connectivity index (χ3n) is 5.73. The van der Waals surface area contributed by atoms with Crippen LogP contribution in [0.2, 0.25) is 0 Å². The number of hydrogen-bond donors (Lipinski definition) is 3. The van der Waals surface area contributed by atoms with E-state index in [0.717, 1.165) is 31.7 Å². The molecule has 4 aromatic heterocycles. The van der Waals surface area contributed by atoms with Gasteiger partial charge in [-0.15, -0.1) is 0 Å². The van der Waals surface area contributed by atoms with Gasteiger partial charge < -0.3 is 15.6 Å². The molecule has 0 bridgehead atoms. The van der Waals surface area contributed by atoms with Crippen LogP contribution < -0.4 is 10.6 Å². The van der Waals surface area contributed by atoms with Crippen molar-refractivity contribution in [3.8, 4) is 11.4 Å². The number of H-pyrrole nitrogens is 1. The Bertz CT molecular complexity index is 1290. The molecule has 4 aromatic rings. The number of nitrogens with one attached hydrogen (secondary N) is 3. The molecule has 4 heterocycles. The molecule has 3 N–H and O–H groups in total. The number of aromatic nitrogens is 5. The van der Waals surface area contributed by atoms with Gasteiger partial charge in [0.05, 0.1) is 12.4 Å². The number of halogens is 2. The van der Waals surface area contributed by atoms with E-state index in [1.54, 1.807) is 30.6 Å². The number of rotatable bonds is 5. The van der Waals surface area contributed by atoms with Gasteiger partial charge in [-0.1, -0.05) is 6.07 Å². The van der Waals surface area contributed by atoms with Crippen LogP contribution in [0.5, 0.6) is 0 Å². The molecule has 1 aliphatic carbocycles. The molecule has 0 radical (unpaired) electrons. The maximum atomic E-state index is 14.5. The molecule has 10 heteroatoms. The van der Waals surface area contributed by atoms with Gasteiger partial charge in [0, 0.05) is 35.4 Å². The van der Waals surface area contributed by atoms with Gasteiger partial charge in [0.2, 0.25) is 0 Å². The van der Waals surface area contributed by atoms with Gasteiger partial charge in [0.25, 0.3) is 5.91 Å². The highest BCUT2D eigenvalue weighted by Gasteiger charge is 2.25. The van der Waals surface area contributed by atoms with Crippen molar-refractivity contribution >= 4 is 22.8 Å². The highest BCUT2D eigenvalue weighted by molar-refractivity contribution is 5.92. The molecule has 0 spiro atoms. The van der Waals surface area contributed by atoms with Crippen LogP contribution in [0.3, 0.4) is 0 Å². The smallest absolute Gasteiger partial charge is 0.270 e. The monoisotopic (exact) mass is 449 g/mol. The van der Waals surface area contributed by atoms with Crippen molar-refractivity contribution in [1.82, 2.24) is 30.2 Å². The van der Waals surface area contributed by atoms with E-state index in [2.05, 4.69) is 35.6 Å². The van der Waals surface area contributed by atoms with Crippen LogP contribution in [-0.2, 0) is 0 Å². The topological polar surface area (TPSA) is 108 Å². The minimum Gasteiger partial charge on any atom is -0.365 e. The summed E-state index contributed by atoms with van der Waals surface area (Å²) in [5.41, 5.74) is 1.39. The van der Waals surface area contributed by atoms with Gasteiger partial charge in [-0.25, -0.2) is 23.7 Å². The summed E-state index contributed by atoms with van der Waals surface area (Å²) in [6, 6.07) is 6.39. The highest BCUT2D eigenvalue weighted by atomic mass is 19.1. The molecular formula is C23H21F2N7O. The molecule has 1 saturated carbocycles. The van der Waals surface area contributed by atoms with Gasteiger partial charge >= 0.3 is 0 Å². The predicted molar refractivity (Wildman–Crippen MR) is 118 cm³/mol. The summed E-state index contributed by atoms with van der Waals surface area (Å²) in [5, 5.41) is 6.69. The summed E-state index contributed by atoms with van der Waals surface area (Å²) in [6.45, 7) is 0. The van der Waals surface area contributed by atoms with Crippen molar-refractivity contribution in [3.05, 3.63) is 66.4 Å². The molecule has 33 heavy (non-hydrogen) atoms. The maximum absolute atomic E-state index is 14.5. The second kappa shape index (κ2) is 8.89. The normalized spacial score (nSPS) is 18.2. The number of carbonyl (C=O) groups excluding carboxylic acids is 1. The summed E-state index contributed by atoms with van der Waals surface area (Å²) in [6.07, 6.45) is 8.56. The predicted octanol–water partition coefficient (Wildman–Crippen LogP) is 3.85. The first kappa shape index (κ1) is 20.9. The lowest BCUT2D eigenvalue weighted by molar-refractivity contribution is 0.0921. The molecule has 168 valence electrons. The molecule has 0 saturated heterocycles. The first-order valence-electron chi connectivity index (χ1n) is 10.7. The SMILES string of the molecule is O=C(N[C@H]1CCC[C@@H](Nc2nc(-c3c[nH]c4ncc(F)cc34)ncc2F)C1)c1ccccn1. The summed E-state index contributed by atoms with van der Waals surface area (Å²) in [7, 11) is 0. The van der Waals surface area contributed by atoms with Crippen molar-refractivity contribution in [2.75, 3.05) is 5.32 Å². The Kier molecular flexibility index (Phi) is 5.64. The maximum Gasteiger partial charge on any atom is 0.270 e. The van der Waals surface area contributed by atoms with Crippen molar-refractivity contribution < 1.29 is 13.6 Å². The number of nitrogens with zero attached hydrogens (tertiary/aromatic N) is 4. The molecule has 0 aliphatic heterocycles. The molecule has 8 nitrogen and oxygen atoms in total. The fourth-order valence-corrected chi connectivity index (χ4v) is 4.16. The second-order valence-electron chi connectivity index (χ2n) is 8.04. The third kappa shape index (κ3) is 4.50. The van der Waals surface area contributed by atoms with Crippen LogP contribution in [0.4, 0.5) is 14.6 Å². The Morgan fingerprint density at radius 1 is 1.09 bits per heavy atom. The number of pyridine rings is 2. The summed E-state index contributed by atoms with van der Waals surface area (Å²) in [5.74, 6) is -0.960. The molecule has 0 aromatic carbocycles. The molecule has 1 aliphatic rings. The third-order valence-corrected chi connectivity index (χ3v) is 5.73. The lowest BCUT2D eigenvalue weighted by Crippen LogP contribution is -2.42. The van der Waals surface area contributed by atoms with Crippen LogP contribution >= 0.6 is 0 Å². The van der Waals surface area contributed by atoms with Crippen LogP contribution in [0.1, 0.15) is 36.2 Å². The lowest BCUT2D eigenvalue weighted by atomic mass is 9.91. The number of anilines is 1. The van der Waals surface area contributed by atoms with Gasteiger partial charge in [0.15, 0.2) is 17.5 Å². The van der Waals surface area contributed by atoms with E-state index in [1.165, 1.54) is 6.07 Å². The van der Waals surface area contributed by atoms with Gasteiger partial charge in [-0.2, -0.15) is 0 Å². The van der Waals surface area contributed by atoms with Crippen LogP contribution in [-0.4, -0.2) is 42.9 Å². The number of aromatic amines is 1. The van der Waals surface area contributed by atoms with E-state index in [4.69, 9.17) is 0 Å². The minimum atomic E-state index is -0.581. The first-order chi connectivity index (χ1) is 16.1. The van der Waals surface area contributed by atoms with Gasteiger partial charge in [0.1, 0.15) is 17.2 Å². The first-order valence-corrected chi connectivity index (χ1v) is 10.7. The van der Waals surface area contributed by atoms with Crippen molar-refractivity contribution in [2.24, 2.45) is 0 Å².